The lowest BCUT2D eigenvalue weighted by atomic mass is 10.1. The van der Waals surface area contributed by atoms with E-state index in [2.05, 4.69) is 5.32 Å². The third-order valence-corrected chi connectivity index (χ3v) is 3.42. The molecule has 0 fully saturated rings. The van der Waals surface area contributed by atoms with Gasteiger partial charge in [-0.25, -0.2) is 4.79 Å². The van der Waals surface area contributed by atoms with Crippen LogP contribution in [0.15, 0.2) is 23.1 Å². The summed E-state index contributed by atoms with van der Waals surface area (Å²) in [6.45, 7) is 0.449. The number of benzene rings is 1. The van der Waals surface area contributed by atoms with Crippen LogP contribution in [0.2, 0.25) is 0 Å². The molecule has 0 aliphatic carbocycles. The lowest BCUT2D eigenvalue weighted by Crippen LogP contribution is -2.46. The highest BCUT2D eigenvalue weighted by Crippen LogP contribution is 2.24. The normalized spacial score (nSPS) is 13.3. The third kappa shape index (κ3) is 4.17. The van der Waals surface area contributed by atoms with E-state index in [4.69, 9.17) is 5.11 Å². The molecule has 1 aromatic carbocycles. The second kappa shape index (κ2) is 6.55. The molecule has 1 aromatic rings. The number of nitro groups is 1. The highest BCUT2D eigenvalue weighted by Gasteiger charge is 2.31. The van der Waals surface area contributed by atoms with Crippen LogP contribution < -0.4 is 5.32 Å². The Morgan fingerprint density at radius 3 is 2.57 bits per heavy atom. The average Bonchev–Trinajstić information content (AvgIpc) is 2.43. The molecule has 8 nitrogen and oxygen atoms in total. The summed E-state index contributed by atoms with van der Waals surface area (Å²) in [5.74, 6) is -2.32. The Labute approximate surface area is 124 Å². The molecule has 1 rings (SSSR count). The van der Waals surface area contributed by atoms with Gasteiger partial charge in [0, 0.05) is 11.0 Å². The van der Waals surface area contributed by atoms with Gasteiger partial charge < -0.3 is 15.5 Å². The molecular formula is C12H14N2O6S. The molecule has 0 saturated heterocycles. The maximum absolute atomic E-state index is 12.0. The topological polar surface area (TPSA) is 130 Å². The molecule has 0 spiro atoms. The lowest BCUT2D eigenvalue weighted by molar-refractivity contribution is -0.385. The fraction of sp³-hybridized carbons (Fsp3) is 0.333. The second-order valence-electron chi connectivity index (χ2n) is 4.40. The van der Waals surface area contributed by atoms with Crippen molar-refractivity contribution in [1.82, 2.24) is 5.32 Å². The smallest absolute Gasteiger partial charge is 0.337 e. The van der Waals surface area contributed by atoms with Crippen molar-refractivity contribution < 1.29 is 24.7 Å². The first-order valence-corrected chi connectivity index (χ1v) is 6.98. The van der Waals surface area contributed by atoms with Crippen molar-refractivity contribution in [3.8, 4) is 0 Å². The van der Waals surface area contributed by atoms with Crippen LogP contribution in [0, 0.1) is 10.1 Å². The van der Waals surface area contributed by atoms with Crippen molar-refractivity contribution in [3.05, 3.63) is 33.9 Å². The molecule has 3 N–H and O–H groups in total. The number of hydrogen-bond donors (Lipinski definition) is 3. The summed E-state index contributed by atoms with van der Waals surface area (Å²) in [4.78, 5) is 33.6. The van der Waals surface area contributed by atoms with Crippen LogP contribution in [0.5, 0.6) is 0 Å². The Bertz CT molecular complexity index is 587. The molecule has 1 unspecified atom stereocenters. The molecule has 0 heterocycles. The fourth-order valence-corrected chi connectivity index (χ4v) is 1.85. The maximum Gasteiger partial charge on any atom is 0.337 e. The number of carbonyl (C=O) groups is 2. The first-order chi connectivity index (χ1) is 9.69. The van der Waals surface area contributed by atoms with Gasteiger partial charge in [0.1, 0.15) is 5.56 Å². The van der Waals surface area contributed by atoms with Crippen molar-refractivity contribution in [2.75, 3.05) is 12.8 Å². The molecule has 0 aliphatic rings. The number of nitro benzene ring substituents is 1. The lowest BCUT2D eigenvalue weighted by Gasteiger charge is -2.18. The van der Waals surface area contributed by atoms with Gasteiger partial charge in [0.05, 0.1) is 11.5 Å². The van der Waals surface area contributed by atoms with Gasteiger partial charge in [-0.3, -0.25) is 14.9 Å². The first kappa shape index (κ1) is 16.9. The number of hydrogen-bond acceptors (Lipinski definition) is 6. The molecule has 1 amide bonds. The van der Waals surface area contributed by atoms with Crippen LogP contribution in [0.25, 0.3) is 0 Å². The van der Waals surface area contributed by atoms with Crippen molar-refractivity contribution >= 4 is 29.3 Å². The van der Waals surface area contributed by atoms with Crippen molar-refractivity contribution in [2.45, 2.75) is 17.4 Å². The SMILES string of the molecule is CSc1ccc([N+](=O)[O-])c(C(=O)NCC(C)(O)C(=O)O)c1. The van der Waals surface area contributed by atoms with Gasteiger partial charge in [-0.15, -0.1) is 11.8 Å². The molecule has 0 aliphatic heterocycles. The number of rotatable bonds is 6. The highest BCUT2D eigenvalue weighted by molar-refractivity contribution is 7.98. The standard InChI is InChI=1S/C12H14N2O6S/c1-12(18,11(16)17)6-13-10(15)8-5-7(21-2)3-4-9(8)14(19)20/h3-5,18H,6H2,1-2H3,(H,13,15)(H,16,17). The van der Waals surface area contributed by atoms with E-state index in [9.17, 15) is 24.8 Å². The number of carboxylic acids is 1. The van der Waals surface area contributed by atoms with E-state index >= 15 is 0 Å². The van der Waals surface area contributed by atoms with Crippen LogP contribution >= 0.6 is 11.8 Å². The van der Waals surface area contributed by atoms with E-state index in [1.807, 2.05) is 0 Å². The molecule has 0 saturated carbocycles. The molecular weight excluding hydrogens is 300 g/mol. The minimum atomic E-state index is -2.15. The summed E-state index contributed by atoms with van der Waals surface area (Å²) < 4.78 is 0. The van der Waals surface area contributed by atoms with Gasteiger partial charge in [0.2, 0.25) is 0 Å². The van der Waals surface area contributed by atoms with Gasteiger partial charge >= 0.3 is 5.97 Å². The zero-order chi connectivity index (χ0) is 16.2. The Morgan fingerprint density at radius 1 is 1.48 bits per heavy atom. The quantitative estimate of drug-likeness (QED) is 0.403. The molecule has 21 heavy (non-hydrogen) atoms. The number of amides is 1. The van der Waals surface area contributed by atoms with Gasteiger partial charge in [-0.05, 0) is 25.3 Å². The predicted octanol–water partition coefficient (Wildman–Crippen LogP) is 0.882. The van der Waals surface area contributed by atoms with Gasteiger partial charge in [-0.1, -0.05) is 0 Å². The second-order valence-corrected chi connectivity index (χ2v) is 5.28. The number of carbonyl (C=O) groups excluding carboxylic acids is 1. The van der Waals surface area contributed by atoms with Crippen molar-refractivity contribution in [3.63, 3.8) is 0 Å². The molecule has 9 heteroatoms. The monoisotopic (exact) mass is 314 g/mol. The van der Waals surface area contributed by atoms with Crippen LogP contribution in [0.3, 0.4) is 0 Å². The van der Waals surface area contributed by atoms with E-state index in [0.717, 1.165) is 6.92 Å². The molecule has 0 bridgehead atoms. The van der Waals surface area contributed by atoms with E-state index in [-0.39, 0.29) is 11.3 Å². The minimum absolute atomic E-state index is 0.187. The van der Waals surface area contributed by atoms with Crippen LogP contribution in [-0.2, 0) is 4.79 Å². The van der Waals surface area contributed by atoms with Gasteiger partial charge in [0.15, 0.2) is 5.60 Å². The van der Waals surface area contributed by atoms with E-state index < -0.39 is 28.9 Å². The van der Waals surface area contributed by atoms with Crippen LogP contribution in [0.1, 0.15) is 17.3 Å². The number of thioether (sulfide) groups is 1. The highest BCUT2D eigenvalue weighted by atomic mass is 32.2. The number of carboxylic acid groups (broad SMARTS) is 1. The molecule has 1 atom stereocenters. The summed E-state index contributed by atoms with van der Waals surface area (Å²) in [5, 5.41) is 31.3. The number of aliphatic hydroxyl groups is 1. The summed E-state index contributed by atoms with van der Waals surface area (Å²) in [6, 6.07) is 4.05. The Morgan fingerprint density at radius 2 is 2.10 bits per heavy atom. The summed E-state index contributed by atoms with van der Waals surface area (Å²) >= 11 is 1.30. The van der Waals surface area contributed by atoms with Gasteiger partial charge in [-0.2, -0.15) is 0 Å². The summed E-state index contributed by atoms with van der Waals surface area (Å²) in [7, 11) is 0. The number of nitrogens with one attached hydrogen (secondary N) is 1. The van der Waals surface area contributed by atoms with E-state index in [0.29, 0.717) is 4.90 Å². The fourth-order valence-electron chi connectivity index (χ4n) is 1.41. The van der Waals surface area contributed by atoms with Crippen LogP contribution in [0.4, 0.5) is 5.69 Å². The number of nitrogens with zero attached hydrogens (tertiary/aromatic N) is 1. The zero-order valence-electron chi connectivity index (χ0n) is 11.3. The van der Waals surface area contributed by atoms with Gasteiger partial charge in [0.25, 0.3) is 11.6 Å². The zero-order valence-corrected chi connectivity index (χ0v) is 12.1. The maximum atomic E-state index is 12.0. The molecule has 114 valence electrons. The van der Waals surface area contributed by atoms with Crippen molar-refractivity contribution in [1.29, 1.82) is 0 Å². The number of aliphatic carboxylic acids is 1. The Kier molecular flexibility index (Phi) is 5.28. The van der Waals surface area contributed by atoms with E-state index in [1.165, 1.54) is 30.0 Å². The first-order valence-electron chi connectivity index (χ1n) is 5.75. The molecule has 0 radical (unpaired) electrons. The molecule has 0 aromatic heterocycles. The average molecular weight is 314 g/mol. The third-order valence-electron chi connectivity index (χ3n) is 2.70. The Balaban J connectivity index is 3.01. The van der Waals surface area contributed by atoms with Crippen molar-refractivity contribution in [2.24, 2.45) is 0 Å². The minimum Gasteiger partial charge on any atom is -0.479 e. The van der Waals surface area contributed by atoms with E-state index in [1.54, 1.807) is 6.26 Å². The predicted molar refractivity (Wildman–Crippen MR) is 75.5 cm³/mol. The summed E-state index contributed by atoms with van der Waals surface area (Å²) in [5.41, 5.74) is -2.73. The largest absolute Gasteiger partial charge is 0.479 e. The Hall–Kier alpha value is -2.13. The van der Waals surface area contributed by atoms with Crippen LogP contribution in [-0.4, -0.2) is 45.4 Å². The summed E-state index contributed by atoms with van der Waals surface area (Å²) in [6.07, 6.45) is 1.75.